The normalized spacial score (nSPS) is 10.7. The Morgan fingerprint density at radius 3 is 2.82 bits per heavy atom. The first-order valence-electron chi connectivity index (χ1n) is 8.33. The number of amides is 2. The molecule has 0 spiro atoms. The van der Waals surface area contributed by atoms with Crippen molar-refractivity contribution in [3.63, 3.8) is 0 Å². The summed E-state index contributed by atoms with van der Waals surface area (Å²) in [6.07, 6.45) is 1.44. The summed E-state index contributed by atoms with van der Waals surface area (Å²) in [5.74, 6) is 0.543. The summed E-state index contributed by atoms with van der Waals surface area (Å²) in [5, 5.41) is 14.3. The summed E-state index contributed by atoms with van der Waals surface area (Å²) in [5.41, 5.74) is 1.74. The van der Waals surface area contributed by atoms with Crippen molar-refractivity contribution in [3.05, 3.63) is 58.2 Å². The Morgan fingerprint density at radius 2 is 2.11 bits per heavy atom. The topological polar surface area (TPSA) is 102 Å². The molecular formula is C18H18BrN5O3S. The Morgan fingerprint density at radius 1 is 1.29 bits per heavy atom. The molecule has 0 aliphatic rings. The smallest absolute Gasteiger partial charge is 0.287 e. The van der Waals surface area contributed by atoms with Gasteiger partial charge in [0.1, 0.15) is 0 Å². The zero-order valence-electron chi connectivity index (χ0n) is 15.2. The van der Waals surface area contributed by atoms with Crippen molar-refractivity contribution in [2.75, 3.05) is 11.1 Å². The third-order valence-electron chi connectivity index (χ3n) is 3.87. The lowest BCUT2D eigenvalue weighted by molar-refractivity contribution is -0.113. The van der Waals surface area contributed by atoms with Gasteiger partial charge in [0, 0.05) is 17.2 Å². The number of nitrogens with one attached hydrogen (secondary N) is 2. The standard InChI is InChI=1S/C18H18BrN5O3S/c1-11-8-12(19)5-6-13(11)21-16(25)10-28-18-23-22-15(24(18)2)9-20-17(26)14-4-3-7-27-14/h3-8H,9-10H2,1-2H3,(H,20,26)(H,21,25). The number of rotatable bonds is 7. The van der Waals surface area contributed by atoms with Crippen LogP contribution in [0.25, 0.3) is 0 Å². The summed E-state index contributed by atoms with van der Waals surface area (Å²) < 4.78 is 7.74. The van der Waals surface area contributed by atoms with Crippen LogP contribution in [0.15, 0.2) is 50.6 Å². The van der Waals surface area contributed by atoms with Gasteiger partial charge in [0.15, 0.2) is 16.7 Å². The van der Waals surface area contributed by atoms with E-state index in [4.69, 9.17) is 4.42 Å². The minimum Gasteiger partial charge on any atom is -0.459 e. The van der Waals surface area contributed by atoms with Gasteiger partial charge in [-0.05, 0) is 42.8 Å². The lowest BCUT2D eigenvalue weighted by atomic mass is 10.2. The molecule has 28 heavy (non-hydrogen) atoms. The van der Waals surface area contributed by atoms with E-state index < -0.39 is 0 Å². The van der Waals surface area contributed by atoms with Gasteiger partial charge in [-0.2, -0.15) is 0 Å². The minimum atomic E-state index is -0.327. The second-order valence-electron chi connectivity index (χ2n) is 5.91. The van der Waals surface area contributed by atoms with Crippen molar-refractivity contribution < 1.29 is 14.0 Å². The summed E-state index contributed by atoms with van der Waals surface area (Å²) in [6.45, 7) is 2.13. The number of carbonyl (C=O) groups excluding carboxylic acids is 2. The molecule has 3 rings (SSSR count). The van der Waals surface area contributed by atoms with Crippen LogP contribution in [0, 0.1) is 6.92 Å². The molecule has 0 saturated carbocycles. The van der Waals surface area contributed by atoms with Crippen LogP contribution in [0.5, 0.6) is 0 Å². The highest BCUT2D eigenvalue weighted by Crippen LogP contribution is 2.21. The lowest BCUT2D eigenvalue weighted by Crippen LogP contribution is -2.24. The van der Waals surface area contributed by atoms with Crippen molar-refractivity contribution in [1.82, 2.24) is 20.1 Å². The molecule has 3 aromatic rings. The van der Waals surface area contributed by atoms with Gasteiger partial charge in [0.25, 0.3) is 5.91 Å². The van der Waals surface area contributed by atoms with E-state index >= 15 is 0 Å². The van der Waals surface area contributed by atoms with E-state index in [9.17, 15) is 9.59 Å². The van der Waals surface area contributed by atoms with Crippen molar-refractivity contribution >= 4 is 45.2 Å². The molecule has 1 aromatic carbocycles. The van der Waals surface area contributed by atoms with Crippen LogP contribution in [-0.4, -0.2) is 32.3 Å². The van der Waals surface area contributed by atoms with Gasteiger partial charge in [-0.25, -0.2) is 0 Å². The van der Waals surface area contributed by atoms with Crippen molar-refractivity contribution in [2.24, 2.45) is 7.05 Å². The van der Waals surface area contributed by atoms with E-state index in [1.54, 1.807) is 23.7 Å². The van der Waals surface area contributed by atoms with E-state index in [1.807, 2.05) is 25.1 Å². The van der Waals surface area contributed by atoms with Crippen LogP contribution in [0.3, 0.4) is 0 Å². The van der Waals surface area contributed by atoms with E-state index in [1.165, 1.54) is 18.0 Å². The van der Waals surface area contributed by atoms with Crippen molar-refractivity contribution in [1.29, 1.82) is 0 Å². The average molecular weight is 464 g/mol. The zero-order chi connectivity index (χ0) is 20.1. The molecule has 0 saturated heterocycles. The molecule has 0 radical (unpaired) electrons. The maximum Gasteiger partial charge on any atom is 0.287 e. The average Bonchev–Trinajstić information content (AvgIpc) is 3.31. The molecular weight excluding hydrogens is 446 g/mol. The molecule has 2 aromatic heterocycles. The van der Waals surface area contributed by atoms with Crippen LogP contribution in [0.2, 0.25) is 0 Å². The van der Waals surface area contributed by atoms with Crippen LogP contribution < -0.4 is 10.6 Å². The number of hydrogen-bond donors (Lipinski definition) is 2. The highest BCUT2D eigenvalue weighted by Gasteiger charge is 2.14. The Hall–Kier alpha value is -2.59. The molecule has 0 aliphatic heterocycles. The molecule has 2 amide bonds. The number of aryl methyl sites for hydroxylation is 1. The highest BCUT2D eigenvalue weighted by atomic mass is 79.9. The van der Waals surface area contributed by atoms with E-state index in [0.717, 1.165) is 15.7 Å². The third kappa shape index (κ3) is 5.02. The number of benzene rings is 1. The summed E-state index contributed by atoms with van der Waals surface area (Å²) in [4.78, 5) is 24.1. The van der Waals surface area contributed by atoms with Crippen LogP contribution in [0.1, 0.15) is 21.9 Å². The van der Waals surface area contributed by atoms with E-state index in [-0.39, 0.29) is 29.9 Å². The fourth-order valence-electron chi connectivity index (χ4n) is 2.36. The van der Waals surface area contributed by atoms with Crippen molar-refractivity contribution in [2.45, 2.75) is 18.6 Å². The molecule has 2 N–H and O–H groups in total. The lowest BCUT2D eigenvalue weighted by Gasteiger charge is -2.08. The van der Waals surface area contributed by atoms with E-state index in [0.29, 0.717) is 11.0 Å². The maximum atomic E-state index is 12.2. The van der Waals surface area contributed by atoms with Gasteiger partial charge in [0.05, 0.1) is 18.6 Å². The SMILES string of the molecule is Cc1cc(Br)ccc1NC(=O)CSc1nnc(CNC(=O)c2ccco2)n1C. The number of hydrogen-bond acceptors (Lipinski definition) is 6. The molecule has 8 nitrogen and oxygen atoms in total. The Balaban J connectivity index is 1.52. The first kappa shape index (κ1) is 20.2. The number of thioether (sulfide) groups is 1. The molecule has 0 unspecified atom stereocenters. The highest BCUT2D eigenvalue weighted by molar-refractivity contribution is 9.10. The molecule has 0 bridgehead atoms. The van der Waals surface area contributed by atoms with Crippen LogP contribution >= 0.6 is 27.7 Å². The maximum absolute atomic E-state index is 12.2. The first-order valence-corrected chi connectivity index (χ1v) is 10.1. The first-order chi connectivity index (χ1) is 13.4. The van der Waals surface area contributed by atoms with Gasteiger partial charge in [-0.1, -0.05) is 27.7 Å². The van der Waals surface area contributed by atoms with E-state index in [2.05, 4.69) is 36.8 Å². The molecule has 0 fully saturated rings. The fraction of sp³-hybridized carbons (Fsp3) is 0.222. The number of nitrogens with zero attached hydrogens (tertiary/aromatic N) is 3. The quantitative estimate of drug-likeness (QED) is 0.521. The number of carbonyl (C=O) groups is 2. The number of anilines is 1. The second-order valence-corrected chi connectivity index (χ2v) is 7.77. The number of aromatic nitrogens is 3. The molecule has 10 heteroatoms. The van der Waals surface area contributed by atoms with Crippen molar-refractivity contribution in [3.8, 4) is 0 Å². The van der Waals surface area contributed by atoms with Gasteiger partial charge < -0.3 is 19.6 Å². The monoisotopic (exact) mass is 463 g/mol. The molecule has 146 valence electrons. The predicted molar refractivity (Wildman–Crippen MR) is 109 cm³/mol. The summed E-state index contributed by atoms with van der Waals surface area (Å²) in [7, 11) is 1.79. The van der Waals surface area contributed by atoms with Crippen LogP contribution in [-0.2, 0) is 18.4 Å². The Bertz CT molecular complexity index is 987. The second kappa shape index (κ2) is 9.07. The van der Waals surface area contributed by atoms with Gasteiger partial charge in [-0.15, -0.1) is 10.2 Å². The number of furan rings is 1. The molecule has 0 aliphatic carbocycles. The fourth-order valence-corrected chi connectivity index (χ4v) is 3.57. The van der Waals surface area contributed by atoms with Crippen LogP contribution in [0.4, 0.5) is 5.69 Å². The zero-order valence-corrected chi connectivity index (χ0v) is 17.6. The third-order valence-corrected chi connectivity index (χ3v) is 5.39. The van der Waals surface area contributed by atoms with Gasteiger partial charge in [-0.3, -0.25) is 9.59 Å². The Labute approximate surface area is 174 Å². The minimum absolute atomic E-state index is 0.133. The number of halogens is 1. The predicted octanol–water partition coefficient (Wildman–Crippen LogP) is 3.14. The molecule has 0 atom stereocenters. The summed E-state index contributed by atoms with van der Waals surface area (Å²) in [6, 6.07) is 8.90. The van der Waals surface area contributed by atoms with Gasteiger partial charge >= 0.3 is 0 Å². The molecule has 2 heterocycles. The summed E-state index contributed by atoms with van der Waals surface area (Å²) >= 11 is 4.67. The Kier molecular flexibility index (Phi) is 6.53. The van der Waals surface area contributed by atoms with Gasteiger partial charge in [0.2, 0.25) is 5.91 Å². The largest absolute Gasteiger partial charge is 0.459 e.